The van der Waals surface area contributed by atoms with Crippen molar-refractivity contribution in [2.75, 3.05) is 49.7 Å². The average molecular weight is 437 g/mol. The van der Waals surface area contributed by atoms with E-state index in [2.05, 4.69) is 19.6 Å². The first-order chi connectivity index (χ1) is 14.3. The van der Waals surface area contributed by atoms with E-state index in [4.69, 9.17) is 4.42 Å². The van der Waals surface area contributed by atoms with Crippen molar-refractivity contribution in [2.24, 2.45) is 0 Å². The molecule has 9 nitrogen and oxygen atoms in total. The number of ether oxygens (including phenoxy) is 1. The maximum absolute atomic E-state index is 11.9. The molecule has 0 spiro atoms. The molecular formula is C20H28N4O5S. The number of piperazine rings is 1. The Kier molecular flexibility index (Phi) is 5.63. The summed E-state index contributed by atoms with van der Waals surface area (Å²) in [6.07, 6.45) is 0.633. The molecule has 2 aromatic rings. The third-order valence-corrected chi connectivity index (χ3v) is 7.71. The van der Waals surface area contributed by atoms with Crippen LogP contribution in [-0.4, -0.2) is 73.9 Å². The topological polar surface area (TPSA) is 97.9 Å². The van der Waals surface area contributed by atoms with E-state index in [0.717, 1.165) is 49.0 Å². The fraction of sp³-hybridized carbons (Fsp3) is 0.600. The van der Waals surface area contributed by atoms with Gasteiger partial charge in [-0.05, 0) is 32.4 Å². The molecule has 0 N–H and O–H groups in total. The zero-order chi connectivity index (χ0) is 21.5. The number of hydrogen-bond acceptors (Lipinski definition) is 8. The molecule has 0 saturated carbocycles. The molecule has 2 aliphatic heterocycles. The van der Waals surface area contributed by atoms with E-state index in [1.165, 1.54) is 7.11 Å². The van der Waals surface area contributed by atoms with E-state index in [-0.39, 0.29) is 23.3 Å². The Morgan fingerprint density at radius 3 is 2.60 bits per heavy atom. The summed E-state index contributed by atoms with van der Waals surface area (Å²) < 4.78 is 35.9. The van der Waals surface area contributed by atoms with Crippen molar-refractivity contribution in [3.05, 3.63) is 35.0 Å². The maximum Gasteiger partial charge on any atom is 0.373 e. The standard InChI is InChI=1S/C20H28N4O5S/c1-14-19(15(2)24(21-14)16-6-11-30(26,27)13-16)23-9-7-22(8-10-23)12-17-4-5-18(29-17)20(25)28-3/h4-5,16H,6-13H2,1-3H3/t16-/m0/s1. The van der Waals surface area contributed by atoms with Crippen molar-refractivity contribution in [1.82, 2.24) is 14.7 Å². The van der Waals surface area contributed by atoms with Crippen molar-refractivity contribution < 1.29 is 22.4 Å². The molecule has 2 aliphatic rings. The SMILES string of the molecule is COC(=O)c1ccc(CN2CCN(c3c(C)nn([C@H]4CCS(=O)(=O)C4)c3C)CC2)o1. The fourth-order valence-electron chi connectivity index (χ4n) is 4.46. The Morgan fingerprint density at radius 1 is 1.23 bits per heavy atom. The Labute approximate surface area is 176 Å². The number of sulfone groups is 1. The van der Waals surface area contributed by atoms with E-state index in [0.29, 0.717) is 13.0 Å². The molecule has 0 aromatic carbocycles. The van der Waals surface area contributed by atoms with Crippen LogP contribution < -0.4 is 4.90 Å². The number of aryl methyl sites for hydroxylation is 1. The van der Waals surface area contributed by atoms with Crippen molar-refractivity contribution >= 4 is 21.5 Å². The molecule has 4 heterocycles. The number of carbonyl (C=O) groups is 1. The lowest BCUT2D eigenvalue weighted by Crippen LogP contribution is -2.46. The number of aromatic nitrogens is 2. The number of nitrogens with zero attached hydrogens (tertiary/aromatic N) is 4. The van der Waals surface area contributed by atoms with Crippen LogP contribution in [0.2, 0.25) is 0 Å². The van der Waals surface area contributed by atoms with Crippen LogP contribution in [-0.2, 0) is 21.1 Å². The van der Waals surface area contributed by atoms with Gasteiger partial charge in [0.2, 0.25) is 5.76 Å². The first-order valence-corrected chi connectivity index (χ1v) is 12.0. The van der Waals surface area contributed by atoms with Crippen LogP contribution in [0.4, 0.5) is 5.69 Å². The van der Waals surface area contributed by atoms with Gasteiger partial charge in [0, 0.05) is 26.2 Å². The molecule has 0 aliphatic carbocycles. The summed E-state index contributed by atoms with van der Waals surface area (Å²) in [7, 11) is -1.62. The van der Waals surface area contributed by atoms with Gasteiger partial charge in [0.25, 0.3) is 0 Å². The Balaban J connectivity index is 1.40. The number of rotatable bonds is 5. The summed E-state index contributed by atoms with van der Waals surface area (Å²) in [5, 5.41) is 4.69. The molecule has 2 aromatic heterocycles. The molecule has 0 amide bonds. The highest BCUT2D eigenvalue weighted by Gasteiger charge is 2.32. The Morgan fingerprint density at radius 2 is 1.97 bits per heavy atom. The van der Waals surface area contributed by atoms with E-state index in [1.54, 1.807) is 6.07 Å². The van der Waals surface area contributed by atoms with Gasteiger partial charge in [-0.25, -0.2) is 13.2 Å². The first kappa shape index (κ1) is 20.9. The lowest BCUT2D eigenvalue weighted by atomic mass is 10.2. The van der Waals surface area contributed by atoms with E-state index in [9.17, 15) is 13.2 Å². The summed E-state index contributed by atoms with van der Waals surface area (Å²) in [5.41, 5.74) is 3.10. The molecule has 1 atom stereocenters. The highest BCUT2D eigenvalue weighted by Crippen LogP contribution is 2.31. The van der Waals surface area contributed by atoms with E-state index >= 15 is 0 Å². The number of hydrogen-bond donors (Lipinski definition) is 0. The summed E-state index contributed by atoms with van der Waals surface area (Å²) in [6.45, 7) is 8.08. The minimum Gasteiger partial charge on any atom is -0.463 e. The monoisotopic (exact) mass is 436 g/mol. The zero-order valence-electron chi connectivity index (χ0n) is 17.6. The van der Waals surface area contributed by atoms with Crippen LogP contribution in [0.15, 0.2) is 16.5 Å². The van der Waals surface area contributed by atoms with Gasteiger partial charge in [-0.3, -0.25) is 9.58 Å². The molecular weight excluding hydrogens is 408 g/mol. The summed E-state index contributed by atoms with van der Waals surface area (Å²) >= 11 is 0. The molecule has 164 valence electrons. The van der Waals surface area contributed by atoms with Gasteiger partial charge in [-0.2, -0.15) is 5.10 Å². The van der Waals surface area contributed by atoms with Crippen molar-refractivity contribution in [2.45, 2.75) is 32.9 Å². The predicted octanol–water partition coefficient (Wildman–Crippen LogP) is 1.56. The highest BCUT2D eigenvalue weighted by molar-refractivity contribution is 7.91. The molecule has 0 unspecified atom stereocenters. The van der Waals surface area contributed by atoms with Gasteiger partial charge in [0.1, 0.15) is 5.76 Å². The summed E-state index contributed by atoms with van der Waals surface area (Å²) in [4.78, 5) is 16.2. The van der Waals surface area contributed by atoms with Crippen LogP contribution in [0.5, 0.6) is 0 Å². The number of esters is 1. The van der Waals surface area contributed by atoms with Crippen LogP contribution >= 0.6 is 0 Å². The lowest BCUT2D eigenvalue weighted by Gasteiger charge is -2.35. The predicted molar refractivity (Wildman–Crippen MR) is 112 cm³/mol. The molecule has 0 radical (unpaired) electrons. The minimum absolute atomic E-state index is 0.0632. The Bertz CT molecular complexity index is 1030. The van der Waals surface area contributed by atoms with Crippen LogP contribution in [0.1, 0.15) is 40.2 Å². The van der Waals surface area contributed by atoms with Gasteiger partial charge in [0.05, 0.1) is 48.3 Å². The normalized spacial score (nSPS) is 21.8. The third kappa shape index (κ3) is 4.11. The Hall–Kier alpha value is -2.33. The van der Waals surface area contributed by atoms with E-state index < -0.39 is 15.8 Å². The smallest absolute Gasteiger partial charge is 0.373 e. The average Bonchev–Trinajstić information content (AvgIpc) is 3.40. The second kappa shape index (κ2) is 8.07. The number of methoxy groups -OCH3 is 1. The highest BCUT2D eigenvalue weighted by atomic mass is 32.2. The quantitative estimate of drug-likeness (QED) is 0.652. The van der Waals surface area contributed by atoms with Gasteiger partial charge in [0.15, 0.2) is 9.84 Å². The second-order valence-electron chi connectivity index (χ2n) is 8.04. The fourth-order valence-corrected chi connectivity index (χ4v) is 6.15. The number of carbonyl (C=O) groups excluding carboxylic acids is 1. The number of furan rings is 1. The van der Waals surface area contributed by atoms with Gasteiger partial charge in [-0.1, -0.05) is 0 Å². The number of anilines is 1. The zero-order valence-corrected chi connectivity index (χ0v) is 18.4. The van der Waals surface area contributed by atoms with Crippen molar-refractivity contribution in [3.8, 4) is 0 Å². The van der Waals surface area contributed by atoms with Crippen molar-refractivity contribution in [3.63, 3.8) is 0 Å². The molecule has 2 fully saturated rings. The van der Waals surface area contributed by atoms with E-state index in [1.807, 2.05) is 24.6 Å². The largest absolute Gasteiger partial charge is 0.463 e. The van der Waals surface area contributed by atoms with Gasteiger partial charge in [-0.15, -0.1) is 0 Å². The van der Waals surface area contributed by atoms with Crippen molar-refractivity contribution in [1.29, 1.82) is 0 Å². The molecule has 2 saturated heterocycles. The van der Waals surface area contributed by atoms with Crippen LogP contribution in [0, 0.1) is 13.8 Å². The molecule has 4 rings (SSSR count). The van der Waals surface area contributed by atoms with Crippen LogP contribution in [0.25, 0.3) is 0 Å². The van der Waals surface area contributed by atoms with Crippen LogP contribution in [0.3, 0.4) is 0 Å². The summed E-state index contributed by atoms with van der Waals surface area (Å²) in [5.74, 6) is 0.919. The first-order valence-electron chi connectivity index (χ1n) is 10.2. The molecule has 10 heteroatoms. The maximum atomic E-state index is 11.9. The third-order valence-electron chi connectivity index (χ3n) is 5.96. The molecule has 0 bridgehead atoms. The van der Waals surface area contributed by atoms with Gasteiger partial charge >= 0.3 is 5.97 Å². The second-order valence-corrected chi connectivity index (χ2v) is 10.3. The summed E-state index contributed by atoms with van der Waals surface area (Å²) in [6, 6.07) is 3.39. The minimum atomic E-state index is -2.95. The molecule has 30 heavy (non-hydrogen) atoms. The van der Waals surface area contributed by atoms with Gasteiger partial charge < -0.3 is 14.1 Å². The lowest BCUT2D eigenvalue weighted by molar-refractivity contribution is 0.0561.